The lowest BCUT2D eigenvalue weighted by atomic mass is 9.82. The average molecular weight is 615 g/mol. The molecule has 1 atom stereocenters. The van der Waals surface area contributed by atoms with Gasteiger partial charge in [-0.05, 0) is 112 Å². The zero-order valence-corrected chi connectivity index (χ0v) is 30.0. The second kappa shape index (κ2) is 22.8. The Morgan fingerprint density at radius 3 is 1.19 bits per heavy atom. The molecule has 0 aromatic carbocycles. The predicted molar refractivity (Wildman–Crippen MR) is 188 cm³/mol. The number of hydrogen-bond donors (Lipinski definition) is 0. The molecule has 0 aromatic heterocycles. The second-order valence-electron chi connectivity index (χ2n) is 13.9. The third-order valence-corrected chi connectivity index (χ3v) is 14.1. The van der Waals surface area contributed by atoms with Gasteiger partial charge in [0.05, 0.1) is 0 Å². The Kier molecular flexibility index (Phi) is 19.5. The van der Waals surface area contributed by atoms with E-state index in [0.29, 0.717) is 5.54 Å². The maximum absolute atomic E-state index is 5.98. The first-order chi connectivity index (χ1) is 21.2. The van der Waals surface area contributed by atoms with Crippen molar-refractivity contribution in [2.24, 2.45) is 0 Å². The molecule has 0 heterocycles. The Morgan fingerprint density at radius 1 is 0.419 bits per heavy atom. The maximum atomic E-state index is 5.98. The molecule has 0 amide bonds. The summed E-state index contributed by atoms with van der Waals surface area (Å²) in [7, 11) is 2.78. The van der Waals surface area contributed by atoms with Gasteiger partial charge in [-0.25, -0.2) is 0 Å². The molecule has 3 nitrogen and oxygen atoms in total. The normalized spacial score (nSPS) is 25.0. The van der Waals surface area contributed by atoms with Gasteiger partial charge in [-0.15, -0.1) is 0 Å². The van der Waals surface area contributed by atoms with Crippen LogP contribution in [0.2, 0.25) is 5.54 Å². The SMILES string of the molecule is CO[Si](OC)(OC)C1CCCCCC=C(C2=C(C3=CCCCCCCCCCC3)CCCCCCCCCC2)CCCC1. The first kappa shape index (κ1) is 36.8. The molecule has 1 unspecified atom stereocenters. The van der Waals surface area contributed by atoms with Gasteiger partial charge in [-0.2, -0.15) is 0 Å². The van der Waals surface area contributed by atoms with Crippen LogP contribution in [0.1, 0.15) is 186 Å². The van der Waals surface area contributed by atoms with Crippen LogP contribution in [-0.2, 0) is 13.3 Å². The van der Waals surface area contributed by atoms with E-state index in [-0.39, 0.29) is 0 Å². The fourth-order valence-electron chi connectivity index (χ4n) is 8.17. The van der Waals surface area contributed by atoms with Gasteiger partial charge in [-0.3, -0.25) is 0 Å². The summed E-state index contributed by atoms with van der Waals surface area (Å²) < 4.78 is 18.0. The molecule has 0 saturated heterocycles. The topological polar surface area (TPSA) is 27.7 Å². The van der Waals surface area contributed by atoms with E-state index >= 15 is 0 Å². The molecule has 0 saturated carbocycles. The Morgan fingerprint density at radius 2 is 0.744 bits per heavy atom. The van der Waals surface area contributed by atoms with E-state index in [9.17, 15) is 0 Å². The van der Waals surface area contributed by atoms with Crippen molar-refractivity contribution in [3.63, 3.8) is 0 Å². The minimum Gasteiger partial charge on any atom is -0.377 e. The molecular formula is C39H70O3Si. The summed E-state index contributed by atoms with van der Waals surface area (Å²) in [5, 5.41) is 0. The van der Waals surface area contributed by atoms with E-state index in [0.717, 1.165) is 6.42 Å². The van der Waals surface area contributed by atoms with Crippen molar-refractivity contribution < 1.29 is 13.3 Å². The molecular weight excluding hydrogens is 545 g/mol. The zero-order valence-electron chi connectivity index (χ0n) is 29.0. The first-order valence-corrected chi connectivity index (χ1v) is 20.8. The highest BCUT2D eigenvalue weighted by Gasteiger charge is 2.46. The Balaban J connectivity index is 1.91. The molecule has 0 aliphatic heterocycles. The Labute approximate surface area is 269 Å². The van der Waals surface area contributed by atoms with Crippen molar-refractivity contribution in [3.05, 3.63) is 34.4 Å². The van der Waals surface area contributed by atoms with Gasteiger partial charge in [0, 0.05) is 26.9 Å². The van der Waals surface area contributed by atoms with Crippen molar-refractivity contribution in [2.75, 3.05) is 21.3 Å². The van der Waals surface area contributed by atoms with Gasteiger partial charge in [0.1, 0.15) is 0 Å². The van der Waals surface area contributed by atoms with Crippen LogP contribution < -0.4 is 0 Å². The molecule has 0 aromatic rings. The van der Waals surface area contributed by atoms with Crippen molar-refractivity contribution in [3.8, 4) is 0 Å². The van der Waals surface area contributed by atoms with Gasteiger partial charge in [0.2, 0.25) is 0 Å². The fourth-order valence-corrected chi connectivity index (χ4v) is 10.8. The molecule has 43 heavy (non-hydrogen) atoms. The summed E-state index contributed by atoms with van der Waals surface area (Å²) in [5.41, 5.74) is 7.50. The summed E-state index contributed by atoms with van der Waals surface area (Å²) in [5.74, 6) is 0. The van der Waals surface area contributed by atoms with Crippen LogP contribution in [0.5, 0.6) is 0 Å². The van der Waals surface area contributed by atoms with Gasteiger partial charge in [-0.1, -0.05) is 108 Å². The second-order valence-corrected chi connectivity index (χ2v) is 17.2. The largest absolute Gasteiger partial charge is 0.503 e. The number of hydrogen-bond acceptors (Lipinski definition) is 3. The van der Waals surface area contributed by atoms with E-state index in [2.05, 4.69) is 12.2 Å². The first-order valence-electron chi connectivity index (χ1n) is 19.0. The van der Waals surface area contributed by atoms with E-state index < -0.39 is 8.80 Å². The zero-order chi connectivity index (χ0) is 30.4. The third kappa shape index (κ3) is 13.3. The summed E-state index contributed by atoms with van der Waals surface area (Å²) in [6, 6.07) is 0. The average Bonchev–Trinajstić information content (AvgIpc) is 3.00. The highest BCUT2D eigenvalue weighted by atomic mass is 28.4. The quantitative estimate of drug-likeness (QED) is 0.279. The van der Waals surface area contributed by atoms with E-state index in [1.807, 2.05) is 0 Å². The highest BCUT2D eigenvalue weighted by Crippen LogP contribution is 2.39. The van der Waals surface area contributed by atoms with Gasteiger partial charge in [0.25, 0.3) is 0 Å². The van der Waals surface area contributed by atoms with E-state index in [1.54, 1.807) is 43.6 Å². The Bertz CT molecular complexity index is 816. The van der Waals surface area contributed by atoms with Crippen LogP contribution >= 0.6 is 0 Å². The van der Waals surface area contributed by atoms with Crippen LogP contribution in [0, 0.1) is 0 Å². The summed E-state index contributed by atoms with van der Waals surface area (Å²) in [6.07, 6.45) is 44.5. The molecule has 0 bridgehead atoms. The molecule has 248 valence electrons. The van der Waals surface area contributed by atoms with E-state index in [4.69, 9.17) is 13.3 Å². The standard InChI is InChI=1S/C39H70O3Si/c1-40-43(41-2,42-3)37-31-22-18-17-21-29-36(30-25-26-32-37)39-34-24-16-12-8-7-11-15-23-33-38(39)35-27-19-13-9-5-4-6-10-14-20-28-35/h27,29,37H,4-26,28,30-34H2,1-3H3. The van der Waals surface area contributed by atoms with E-state index in [1.165, 1.54) is 180 Å². The lowest BCUT2D eigenvalue weighted by Gasteiger charge is -2.33. The maximum Gasteiger partial charge on any atom is 0.503 e. The van der Waals surface area contributed by atoms with Crippen molar-refractivity contribution in [2.45, 2.75) is 192 Å². The van der Waals surface area contributed by atoms with Crippen LogP contribution in [-0.4, -0.2) is 30.1 Å². The van der Waals surface area contributed by atoms with Gasteiger partial charge < -0.3 is 13.3 Å². The van der Waals surface area contributed by atoms with Crippen molar-refractivity contribution in [1.29, 1.82) is 0 Å². The van der Waals surface area contributed by atoms with Crippen LogP contribution in [0.25, 0.3) is 0 Å². The lowest BCUT2D eigenvalue weighted by molar-refractivity contribution is 0.107. The Hall–Kier alpha value is -0.683. The summed E-state index contributed by atoms with van der Waals surface area (Å²) >= 11 is 0. The molecule has 0 spiro atoms. The molecule has 0 fully saturated rings. The molecule has 4 heteroatoms. The van der Waals surface area contributed by atoms with Crippen molar-refractivity contribution >= 4 is 8.80 Å². The highest BCUT2D eigenvalue weighted by molar-refractivity contribution is 6.62. The smallest absolute Gasteiger partial charge is 0.377 e. The molecule has 3 aliphatic rings. The molecule has 0 N–H and O–H groups in total. The number of allylic oxidation sites excluding steroid dienone is 6. The van der Waals surface area contributed by atoms with Gasteiger partial charge >= 0.3 is 8.80 Å². The molecule has 0 radical (unpaired) electrons. The van der Waals surface area contributed by atoms with Crippen LogP contribution in [0.3, 0.4) is 0 Å². The minimum absolute atomic E-state index is 0.414. The molecule has 3 aliphatic carbocycles. The summed E-state index contributed by atoms with van der Waals surface area (Å²) in [6.45, 7) is 0. The van der Waals surface area contributed by atoms with Gasteiger partial charge in [0.15, 0.2) is 0 Å². The molecule has 3 rings (SSSR count). The van der Waals surface area contributed by atoms with Crippen LogP contribution in [0.15, 0.2) is 34.4 Å². The summed E-state index contributed by atoms with van der Waals surface area (Å²) in [4.78, 5) is 0. The lowest BCUT2D eigenvalue weighted by Crippen LogP contribution is -2.47. The fraction of sp³-hybridized carbons (Fsp3) is 0.846. The third-order valence-electron chi connectivity index (χ3n) is 10.8. The number of rotatable bonds is 6. The van der Waals surface area contributed by atoms with Crippen LogP contribution in [0.4, 0.5) is 0 Å². The minimum atomic E-state index is -2.61. The van der Waals surface area contributed by atoms with Crippen molar-refractivity contribution in [1.82, 2.24) is 0 Å². The predicted octanol–water partition coefficient (Wildman–Crippen LogP) is 12.7. The monoisotopic (exact) mass is 615 g/mol.